The van der Waals surface area contributed by atoms with Crippen LogP contribution in [0.4, 0.5) is 10.2 Å². The van der Waals surface area contributed by atoms with Crippen molar-refractivity contribution in [2.45, 2.75) is 12.3 Å². The molecule has 0 unspecified atom stereocenters. The molecule has 1 aliphatic rings. The number of amides is 1. The number of carbonyl (C=O) groups is 2. The third kappa shape index (κ3) is 3.08. The molecule has 0 saturated heterocycles. The number of esters is 1. The summed E-state index contributed by atoms with van der Waals surface area (Å²) >= 11 is 0. The lowest BCUT2D eigenvalue weighted by atomic mass is 9.89. The summed E-state index contributed by atoms with van der Waals surface area (Å²) < 4.78 is 19.9. The van der Waals surface area contributed by atoms with Crippen molar-refractivity contribution < 1.29 is 18.7 Å². The minimum Gasteiger partial charge on any atom is -0.465 e. The van der Waals surface area contributed by atoms with Crippen molar-refractivity contribution in [2.75, 3.05) is 12.4 Å². The van der Waals surface area contributed by atoms with Crippen molar-refractivity contribution >= 4 is 17.7 Å². The molecule has 0 bridgehead atoms. The third-order valence-electron chi connectivity index (χ3n) is 4.59. The summed E-state index contributed by atoms with van der Waals surface area (Å²) in [6.07, 6.45) is 1.81. The molecule has 2 aromatic carbocycles. The molecule has 1 atom stereocenters. The Hall–Kier alpha value is -3.48. The molecule has 3 aromatic rings. The minimum atomic E-state index is -0.418. The number of aromatic nitrogens is 2. The van der Waals surface area contributed by atoms with Gasteiger partial charge in [-0.05, 0) is 35.9 Å². The first-order valence-electron chi connectivity index (χ1n) is 8.38. The van der Waals surface area contributed by atoms with Gasteiger partial charge in [0, 0.05) is 12.3 Å². The third-order valence-corrected chi connectivity index (χ3v) is 4.59. The highest BCUT2D eigenvalue weighted by Gasteiger charge is 2.31. The maximum absolute atomic E-state index is 13.6. The second-order valence-electron chi connectivity index (χ2n) is 6.25. The Kier molecular flexibility index (Phi) is 4.19. The molecule has 1 amide bonds. The van der Waals surface area contributed by atoms with E-state index >= 15 is 0 Å². The van der Waals surface area contributed by atoms with E-state index in [2.05, 4.69) is 10.3 Å². The van der Waals surface area contributed by atoms with E-state index in [0.717, 1.165) is 5.56 Å². The van der Waals surface area contributed by atoms with Gasteiger partial charge in [-0.25, -0.2) is 14.2 Å². The number of benzene rings is 2. The molecule has 0 fully saturated rings. The second kappa shape index (κ2) is 6.68. The quantitative estimate of drug-likeness (QED) is 0.723. The number of methoxy groups -OCH3 is 1. The van der Waals surface area contributed by atoms with Gasteiger partial charge >= 0.3 is 5.97 Å². The predicted molar refractivity (Wildman–Crippen MR) is 96.4 cm³/mol. The van der Waals surface area contributed by atoms with Crippen LogP contribution < -0.4 is 5.32 Å². The maximum atomic E-state index is 13.6. The molecule has 0 saturated carbocycles. The number of rotatable bonds is 3. The Bertz CT molecular complexity index is 1030. The number of hydrogen-bond acceptors (Lipinski definition) is 4. The van der Waals surface area contributed by atoms with E-state index in [4.69, 9.17) is 4.74 Å². The molecule has 2 heterocycles. The highest BCUT2D eigenvalue weighted by molar-refractivity contribution is 5.94. The largest absolute Gasteiger partial charge is 0.465 e. The molecule has 27 heavy (non-hydrogen) atoms. The standard InChI is InChI=1S/C20H16FN3O3/c1-27-20(26)13-7-5-12(6-8-13)16-10-17(25)23-19-18(16)22-11-24(19)15-4-2-3-14(21)9-15/h2-9,11,16H,10H2,1H3,(H,23,25)/t16-/m1/s1. The van der Waals surface area contributed by atoms with Crippen molar-refractivity contribution in [2.24, 2.45) is 0 Å². The minimum absolute atomic E-state index is 0.150. The zero-order chi connectivity index (χ0) is 19.0. The molecule has 1 aliphatic heterocycles. The van der Waals surface area contributed by atoms with Crippen molar-refractivity contribution in [1.82, 2.24) is 9.55 Å². The number of nitrogens with zero attached hydrogens (tertiary/aromatic N) is 2. The number of imidazole rings is 1. The van der Waals surface area contributed by atoms with Gasteiger partial charge in [-0.2, -0.15) is 0 Å². The summed E-state index contributed by atoms with van der Waals surface area (Å²) in [5, 5.41) is 2.83. The Morgan fingerprint density at radius 1 is 1.26 bits per heavy atom. The first-order chi connectivity index (χ1) is 13.1. The summed E-state index contributed by atoms with van der Waals surface area (Å²) in [6, 6.07) is 13.0. The van der Waals surface area contributed by atoms with Crippen molar-refractivity contribution in [3.05, 3.63) is 77.5 Å². The molecule has 136 valence electrons. The summed E-state index contributed by atoms with van der Waals surface area (Å²) in [7, 11) is 1.33. The monoisotopic (exact) mass is 365 g/mol. The van der Waals surface area contributed by atoms with Gasteiger partial charge in [0.05, 0.1) is 24.1 Å². The molecule has 0 radical (unpaired) electrons. The van der Waals surface area contributed by atoms with Crippen LogP contribution in [-0.2, 0) is 9.53 Å². The zero-order valence-corrected chi connectivity index (χ0v) is 14.5. The molecule has 6 nitrogen and oxygen atoms in total. The van der Waals surface area contributed by atoms with Crippen LogP contribution in [0.15, 0.2) is 54.9 Å². The number of hydrogen-bond donors (Lipinski definition) is 1. The summed E-state index contributed by atoms with van der Waals surface area (Å²) in [6.45, 7) is 0. The van der Waals surface area contributed by atoms with Gasteiger partial charge in [0.25, 0.3) is 0 Å². The lowest BCUT2D eigenvalue weighted by molar-refractivity contribution is -0.116. The molecule has 0 spiro atoms. The fourth-order valence-corrected chi connectivity index (χ4v) is 3.27. The number of halogens is 1. The molecule has 4 rings (SSSR count). The average Bonchev–Trinajstić information content (AvgIpc) is 3.10. The molecule has 1 N–H and O–H groups in total. The van der Waals surface area contributed by atoms with E-state index in [1.807, 2.05) is 0 Å². The highest BCUT2D eigenvalue weighted by Crippen LogP contribution is 2.37. The molecule has 0 aliphatic carbocycles. The predicted octanol–water partition coefficient (Wildman–Crippen LogP) is 3.27. The Morgan fingerprint density at radius 3 is 2.74 bits per heavy atom. The molecule has 7 heteroatoms. The number of nitrogens with one attached hydrogen (secondary N) is 1. The smallest absolute Gasteiger partial charge is 0.337 e. The fourth-order valence-electron chi connectivity index (χ4n) is 3.27. The van der Waals surface area contributed by atoms with Crippen LogP contribution in [0, 0.1) is 5.82 Å². The van der Waals surface area contributed by atoms with Gasteiger partial charge in [0.1, 0.15) is 18.0 Å². The molecular formula is C20H16FN3O3. The van der Waals surface area contributed by atoms with Crippen molar-refractivity contribution in [3.63, 3.8) is 0 Å². The fraction of sp³-hybridized carbons (Fsp3) is 0.150. The van der Waals surface area contributed by atoms with Crippen LogP contribution in [0.5, 0.6) is 0 Å². The highest BCUT2D eigenvalue weighted by atomic mass is 19.1. The topological polar surface area (TPSA) is 73.2 Å². The molecule has 1 aromatic heterocycles. The van der Waals surface area contributed by atoms with Gasteiger partial charge < -0.3 is 10.1 Å². The molecular weight excluding hydrogens is 349 g/mol. The van der Waals surface area contributed by atoms with Crippen molar-refractivity contribution in [3.8, 4) is 5.69 Å². The van der Waals surface area contributed by atoms with Crippen LogP contribution >= 0.6 is 0 Å². The Morgan fingerprint density at radius 2 is 2.04 bits per heavy atom. The van der Waals surface area contributed by atoms with E-state index in [1.54, 1.807) is 47.3 Å². The number of ether oxygens (including phenoxy) is 1. The van der Waals surface area contributed by atoms with Gasteiger partial charge in [-0.3, -0.25) is 9.36 Å². The SMILES string of the molecule is COC(=O)c1ccc([C@H]2CC(=O)Nc3c2ncn3-c2cccc(F)c2)cc1. The lowest BCUT2D eigenvalue weighted by Gasteiger charge is -2.23. The zero-order valence-electron chi connectivity index (χ0n) is 14.5. The average molecular weight is 365 g/mol. The van der Waals surface area contributed by atoms with Crippen molar-refractivity contribution in [1.29, 1.82) is 0 Å². The maximum Gasteiger partial charge on any atom is 0.337 e. The van der Waals surface area contributed by atoms with E-state index in [-0.39, 0.29) is 24.1 Å². The Balaban J connectivity index is 1.74. The van der Waals surface area contributed by atoms with E-state index in [0.29, 0.717) is 22.8 Å². The summed E-state index contributed by atoms with van der Waals surface area (Å²) in [5.74, 6) is -0.664. The van der Waals surface area contributed by atoms with Gasteiger partial charge in [-0.1, -0.05) is 18.2 Å². The van der Waals surface area contributed by atoms with Crippen LogP contribution in [0.25, 0.3) is 5.69 Å². The number of fused-ring (bicyclic) bond motifs is 1. The van der Waals surface area contributed by atoms with Crippen LogP contribution in [0.3, 0.4) is 0 Å². The van der Waals surface area contributed by atoms with E-state index in [9.17, 15) is 14.0 Å². The lowest BCUT2D eigenvalue weighted by Crippen LogP contribution is -2.25. The van der Waals surface area contributed by atoms with E-state index < -0.39 is 5.97 Å². The Labute approximate surface area is 154 Å². The van der Waals surface area contributed by atoms with Gasteiger partial charge in [0.2, 0.25) is 5.91 Å². The first kappa shape index (κ1) is 17.0. The first-order valence-corrected chi connectivity index (χ1v) is 8.38. The number of carbonyl (C=O) groups excluding carboxylic acids is 2. The second-order valence-corrected chi connectivity index (χ2v) is 6.25. The van der Waals surface area contributed by atoms with Crippen LogP contribution in [0.2, 0.25) is 0 Å². The van der Waals surface area contributed by atoms with Gasteiger partial charge in [-0.15, -0.1) is 0 Å². The van der Waals surface area contributed by atoms with E-state index in [1.165, 1.54) is 19.2 Å². The normalized spacial score (nSPS) is 15.8. The van der Waals surface area contributed by atoms with Crippen LogP contribution in [0.1, 0.15) is 34.0 Å². The summed E-state index contributed by atoms with van der Waals surface area (Å²) in [4.78, 5) is 28.3. The number of anilines is 1. The van der Waals surface area contributed by atoms with Gasteiger partial charge in [0.15, 0.2) is 0 Å². The summed E-state index contributed by atoms with van der Waals surface area (Å²) in [5.41, 5.74) is 2.57. The van der Waals surface area contributed by atoms with Crippen LogP contribution in [-0.4, -0.2) is 28.5 Å².